The van der Waals surface area contributed by atoms with Gasteiger partial charge in [-0.25, -0.2) is 15.0 Å². The molecule has 1 amide bonds. The van der Waals surface area contributed by atoms with Crippen molar-refractivity contribution in [1.82, 2.24) is 29.8 Å². The summed E-state index contributed by atoms with van der Waals surface area (Å²) in [6.07, 6.45) is 7.96. The van der Waals surface area contributed by atoms with E-state index < -0.39 is 5.95 Å². The first kappa shape index (κ1) is 19.8. The molecular formula is C21H22FN7O. The van der Waals surface area contributed by atoms with Crippen molar-refractivity contribution in [2.75, 3.05) is 11.9 Å². The average Bonchev–Trinajstić information content (AvgIpc) is 2.74. The Hall–Kier alpha value is -3.49. The van der Waals surface area contributed by atoms with E-state index in [9.17, 15) is 9.18 Å². The van der Waals surface area contributed by atoms with Crippen molar-refractivity contribution >= 4 is 17.4 Å². The summed E-state index contributed by atoms with van der Waals surface area (Å²) in [6, 6.07) is 4.90. The lowest BCUT2D eigenvalue weighted by molar-refractivity contribution is -0.132. The maximum atomic E-state index is 13.5. The Balaban J connectivity index is 1.71. The standard InChI is InChI=1S/C21H22FN7O/c1-13-3-4-15(12-29(13)14(2)30)21-27-17(18-11-23-7-8-24-18)10-20(28-21)26-16-5-6-25-19(22)9-16/h5-11,13,15H,3-4,12H2,1-2H3,(H,25,26,27,28)/t13-,15+/m0/s1. The van der Waals surface area contributed by atoms with E-state index in [4.69, 9.17) is 4.98 Å². The van der Waals surface area contributed by atoms with Crippen molar-refractivity contribution in [2.24, 2.45) is 0 Å². The van der Waals surface area contributed by atoms with Crippen molar-refractivity contribution < 1.29 is 9.18 Å². The molecule has 4 heterocycles. The van der Waals surface area contributed by atoms with Crippen LogP contribution in [-0.2, 0) is 4.79 Å². The molecule has 1 N–H and O–H groups in total. The van der Waals surface area contributed by atoms with Gasteiger partial charge in [-0.15, -0.1) is 0 Å². The van der Waals surface area contributed by atoms with Gasteiger partial charge >= 0.3 is 0 Å². The number of nitrogens with one attached hydrogen (secondary N) is 1. The van der Waals surface area contributed by atoms with Gasteiger partial charge in [0.1, 0.15) is 17.3 Å². The fraction of sp³-hybridized carbons (Fsp3) is 0.333. The van der Waals surface area contributed by atoms with E-state index in [0.29, 0.717) is 35.3 Å². The number of piperidine rings is 1. The second-order valence-corrected chi connectivity index (χ2v) is 7.37. The minimum absolute atomic E-state index is 0.00329. The Morgan fingerprint density at radius 2 is 2.00 bits per heavy atom. The molecule has 0 saturated carbocycles. The van der Waals surface area contributed by atoms with E-state index in [2.05, 4.69) is 32.2 Å². The number of pyridine rings is 1. The number of hydrogen-bond acceptors (Lipinski definition) is 7. The zero-order valence-electron chi connectivity index (χ0n) is 16.8. The summed E-state index contributed by atoms with van der Waals surface area (Å²) < 4.78 is 13.5. The van der Waals surface area contributed by atoms with Crippen LogP contribution in [0, 0.1) is 5.95 Å². The van der Waals surface area contributed by atoms with E-state index >= 15 is 0 Å². The Kier molecular flexibility index (Phi) is 5.60. The van der Waals surface area contributed by atoms with Crippen molar-refractivity contribution in [3.63, 3.8) is 0 Å². The van der Waals surface area contributed by atoms with Crippen molar-refractivity contribution in [1.29, 1.82) is 0 Å². The number of aromatic nitrogens is 5. The Labute approximate surface area is 173 Å². The number of likely N-dealkylation sites (tertiary alicyclic amines) is 1. The molecular weight excluding hydrogens is 385 g/mol. The molecule has 1 saturated heterocycles. The number of carbonyl (C=O) groups is 1. The second-order valence-electron chi connectivity index (χ2n) is 7.37. The van der Waals surface area contributed by atoms with Crippen LogP contribution in [0.15, 0.2) is 43.0 Å². The Morgan fingerprint density at radius 3 is 2.73 bits per heavy atom. The first-order chi connectivity index (χ1) is 14.5. The number of rotatable bonds is 4. The van der Waals surface area contributed by atoms with Crippen LogP contribution < -0.4 is 5.32 Å². The molecule has 3 aromatic heterocycles. The van der Waals surface area contributed by atoms with Gasteiger partial charge in [0, 0.05) is 61.8 Å². The molecule has 1 aliphatic rings. The predicted octanol–water partition coefficient (Wildman–Crippen LogP) is 3.33. The van der Waals surface area contributed by atoms with Gasteiger partial charge in [-0.05, 0) is 25.8 Å². The highest BCUT2D eigenvalue weighted by Crippen LogP contribution is 2.31. The van der Waals surface area contributed by atoms with Gasteiger partial charge in [0.15, 0.2) is 0 Å². The summed E-state index contributed by atoms with van der Waals surface area (Å²) in [5, 5.41) is 3.12. The van der Waals surface area contributed by atoms with Crippen LogP contribution >= 0.6 is 0 Å². The van der Waals surface area contributed by atoms with Crippen molar-refractivity contribution in [2.45, 2.75) is 38.6 Å². The molecule has 0 bridgehead atoms. The highest BCUT2D eigenvalue weighted by Gasteiger charge is 2.30. The fourth-order valence-electron chi connectivity index (χ4n) is 3.66. The van der Waals surface area contributed by atoms with Crippen LogP contribution in [0.2, 0.25) is 0 Å². The van der Waals surface area contributed by atoms with Gasteiger partial charge in [0.25, 0.3) is 0 Å². The van der Waals surface area contributed by atoms with Crippen LogP contribution in [0.25, 0.3) is 11.4 Å². The summed E-state index contributed by atoms with van der Waals surface area (Å²) in [7, 11) is 0. The molecule has 0 unspecified atom stereocenters. The van der Waals surface area contributed by atoms with Crippen LogP contribution in [0.1, 0.15) is 38.4 Å². The lowest BCUT2D eigenvalue weighted by Gasteiger charge is -2.37. The molecule has 1 fully saturated rings. The number of nitrogens with zero attached hydrogens (tertiary/aromatic N) is 6. The van der Waals surface area contributed by atoms with Gasteiger partial charge in [-0.2, -0.15) is 4.39 Å². The SMILES string of the molecule is CC(=O)N1C[C@H](c2nc(Nc3ccnc(F)c3)cc(-c3cnccn3)n2)CC[C@@H]1C. The van der Waals surface area contributed by atoms with Gasteiger partial charge in [0.2, 0.25) is 11.9 Å². The molecule has 154 valence electrons. The molecule has 0 aliphatic carbocycles. The van der Waals surface area contributed by atoms with E-state index in [-0.39, 0.29) is 17.9 Å². The molecule has 8 nitrogen and oxygen atoms in total. The third-order valence-electron chi connectivity index (χ3n) is 5.22. The third-order valence-corrected chi connectivity index (χ3v) is 5.22. The smallest absolute Gasteiger partial charge is 0.219 e. The lowest BCUT2D eigenvalue weighted by atomic mass is 9.92. The summed E-state index contributed by atoms with van der Waals surface area (Å²) >= 11 is 0. The van der Waals surface area contributed by atoms with E-state index in [0.717, 1.165) is 12.8 Å². The number of halogens is 1. The molecule has 0 radical (unpaired) electrons. The third kappa shape index (κ3) is 4.40. The van der Waals surface area contributed by atoms with Crippen LogP contribution in [-0.4, -0.2) is 48.3 Å². The summed E-state index contributed by atoms with van der Waals surface area (Å²) in [4.78, 5) is 35.3. The van der Waals surface area contributed by atoms with Gasteiger partial charge in [0.05, 0.1) is 11.9 Å². The Bertz CT molecular complexity index is 1050. The minimum atomic E-state index is -0.582. The number of amides is 1. The highest BCUT2D eigenvalue weighted by atomic mass is 19.1. The first-order valence-electron chi connectivity index (χ1n) is 9.81. The number of carbonyl (C=O) groups excluding carboxylic acids is 1. The lowest BCUT2D eigenvalue weighted by Crippen LogP contribution is -2.44. The molecule has 2 atom stereocenters. The molecule has 0 aromatic carbocycles. The quantitative estimate of drug-likeness (QED) is 0.663. The molecule has 1 aliphatic heterocycles. The molecule has 4 rings (SSSR count). The zero-order valence-corrected chi connectivity index (χ0v) is 16.8. The summed E-state index contributed by atoms with van der Waals surface area (Å²) in [6.45, 7) is 4.20. The zero-order chi connectivity index (χ0) is 21.1. The largest absolute Gasteiger partial charge is 0.340 e. The van der Waals surface area contributed by atoms with Crippen LogP contribution in [0.4, 0.5) is 15.9 Å². The number of hydrogen-bond donors (Lipinski definition) is 1. The monoisotopic (exact) mass is 407 g/mol. The van der Waals surface area contributed by atoms with Gasteiger partial charge in [-0.1, -0.05) is 0 Å². The average molecular weight is 407 g/mol. The van der Waals surface area contributed by atoms with Crippen LogP contribution in [0.5, 0.6) is 0 Å². The van der Waals surface area contributed by atoms with Crippen LogP contribution in [0.3, 0.4) is 0 Å². The number of anilines is 2. The Morgan fingerprint density at radius 1 is 1.13 bits per heavy atom. The van der Waals surface area contributed by atoms with E-state index in [1.54, 1.807) is 37.6 Å². The molecule has 30 heavy (non-hydrogen) atoms. The van der Waals surface area contributed by atoms with E-state index in [1.807, 2.05) is 4.90 Å². The maximum absolute atomic E-state index is 13.5. The normalized spacial score (nSPS) is 18.8. The molecule has 3 aromatic rings. The van der Waals surface area contributed by atoms with Gasteiger partial charge < -0.3 is 10.2 Å². The fourth-order valence-corrected chi connectivity index (χ4v) is 3.66. The first-order valence-corrected chi connectivity index (χ1v) is 9.81. The molecule has 9 heteroatoms. The van der Waals surface area contributed by atoms with E-state index in [1.165, 1.54) is 12.3 Å². The predicted molar refractivity (Wildman–Crippen MR) is 109 cm³/mol. The minimum Gasteiger partial charge on any atom is -0.340 e. The maximum Gasteiger partial charge on any atom is 0.219 e. The highest BCUT2D eigenvalue weighted by molar-refractivity contribution is 5.73. The second kappa shape index (κ2) is 8.48. The van der Waals surface area contributed by atoms with Gasteiger partial charge in [-0.3, -0.25) is 14.8 Å². The summed E-state index contributed by atoms with van der Waals surface area (Å²) in [5.74, 6) is 0.591. The van der Waals surface area contributed by atoms with Crippen molar-refractivity contribution in [3.8, 4) is 11.4 Å². The van der Waals surface area contributed by atoms with Crippen molar-refractivity contribution in [3.05, 3.63) is 54.8 Å². The topological polar surface area (TPSA) is 96.8 Å². The molecule has 0 spiro atoms. The summed E-state index contributed by atoms with van der Waals surface area (Å²) in [5.41, 5.74) is 1.75.